The Kier molecular flexibility index (Phi) is 6.38. The molecule has 2 rings (SSSR count). The second kappa shape index (κ2) is 8.51. The van der Waals surface area contributed by atoms with Crippen molar-refractivity contribution < 1.29 is 14.3 Å². The average molecular weight is 358 g/mol. The Hall–Kier alpha value is -2.83. The van der Waals surface area contributed by atoms with Gasteiger partial charge in [-0.25, -0.2) is 9.48 Å². The molecule has 1 aromatic heterocycles. The minimum Gasteiger partial charge on any atom is -0.444 e. The van der Waals surface area contributed by atoms with Crippen molar-refractivity contribution in [3.05, 3.63) is 48.3 Å². The van der Waals surface area contributed by atoms with Gasteiger partial charge in [0.1, 0.15) is 5.60 Å². The number of alkyl carbamates (subject to hydrolysis) is 1. The highest BCUT2D eigenvalue weighted by molar-refractivity contribution is 5.94. The first kappa shape index (κ1) is 19.5. The van der Waals surface area contributed by atoms with E-state index >= 15 is 0 Å². The van der Waals surface area contributed by atoms with Crippen molar-refractivity contribution in [3.63, 3.8) is 0 Å². The SMILES string of the molecule is C[C@@H](CNC(=O)OC(C)(C)C)CNC(=O)c1ccc(-n2cccn2)cc1. The molecule has 0 aliphatic carbocycles. The molecule has 2 N–H and O–H groups in total. The van der Waals surface area contributed by atoms with Crippen LogP contribution in [-0.2, 0) is 4.74 Å². The number of carbonyl (C=O) groups excluding carboxylic acids is 2. The fraction of sp³-hybridized carbons (Fsp3) is 0.421. The summed E-state index contributed by atoms with van der Waals surface area (Å²) in [6.07, 6.45) is 3.09. The fourth-order valence-electron chi connectivity index (χ4n) is 2.20. The number of aromatic nitrogens is 2. The van der Waals surface area contributed by atoms with Crippen molar-refractivity contribution in [1.82, 2.24) is 20.4 Å². The van der Waals surface area contributed by atoms with Crippen LogP contribution < -0.4 is 10.6 Å². The van der Waals surface area contributed by atoms with Gasteiger partial charge in [0.05, 0.1) is 5.69 Å². The predicted molar refractivity (Wildman–Crippen MR) is 99.3 cm³/mol. The second-order valence-electron chi connectivity index (χ2n) is 7.20. The van der Waals surface area contributed by atoms with Crippen molar-refractivity contribution in [2.45, 2.75) is 33.3 Å². The Bertz CT molecular complexity index is 718. The maximum atomic E-state index is 12.2. The summed E-state index contributed by atoms with van der Waals surface area (Å²) in [6, 6.07) is 9.05. The largest absolute Gasteiger partial charge is 0.444 e. The van der Waals surface area contributed by atoms with Gasteiger partial charge in [-0.15, -0.1) is 0 Å². The smallest absolute Gasteiger partial charge is 0.407 e. The minimum absolute atomic E-state index is 0.0785. The third kappa shape index (κ3) is 6.23. The van der Waals surface area contributed by atoms with Crippen LogP contribution in [0.1, 0.15) is 38.1 Å². The first-order valence-corrected chi connectivity index (χ1v) is 8.60. The molecular formula is C19H26N4O3. The van der Waals surface area contributed by atoms with Gasteiger partial charge in [-0.1, -0.05) is 6.92 Å². The summed E-state index contributed by atoms with van der Waals surface area (Å²) in [5.41, 5.74) is 0.943. The van der Waals surface area contributed by atoms with Crippen molar-refractivity contribution in [2.24, 2.45) is 5.92 Å². The molecule has 0 spiro atoms. The van der Waals surface area contributed by atoms with E-state index in [2.05, 4.69) is 15.7 Å². The van der Waals surface area contributed by atoms with E-state index in [0.717, 1.165) is 5.69 Å². The maximum Gasteiger partial charge on any atom is 0.407 e. The van der Waals surface area contributed by atoms with Gasteiger partial charge in [0, 0.05) is 31.0 Å². The number of nitrogens with one attached hydrogen (secondary N) is 2. The fourth-order valence-corrected chi connectivity index (χ4v) is 2.20. The summed E-state index contributed by atoms with van der Waals surface area (Å²) < 4.78 is 6.91. The van der Waals surface area contributed by atoms with E-state index in [4.69, 9.17) is 4.74 Å². The summed E-state index contributed by atoms with van der Waals surface area (Å²) in [5.74, 6) is -0.0732. The Morgan fingerprint density at radius 2 is 1.81 bits per heavy atom. The molecule has 26 heavy (non-hydrogen) atoms. The van der Waals surface area contributed by atoms with Gasteiger partial charge < -0.3 is 15.4 Å². The lowest BCUT2D eigenvalue weighted by Gasteiger charge is -2.21. The van der Waals surface area contributed by atoms with Crippen molar-refractivity contribution in [3.8, 4) is 5.69 Å². The van der Waals surface area contributed by atoms with Crippen molar-refractivity contribution in [2.75, 3.05) is 13.1 Å². The lowest BCUT2D eigenvalue weighted by molar-refractivity contribution is 0.0520. The predicted octanol–water partition coefficient (Wildman–Crippen LogP) is 2.76. The molecular weight excluding hydrogens is 332 g/mol. The highest BCUT2D eigenvalue weighted by atomic mass is 16.6. The van der Waals surface area contributed by atoms with E-state index in [1.165, 1.54) is 0 Å². The zero-order chi connectivity index (χ0) is 19.2. The summed E-state index contributed by atoms with van der Waals surface area (Å²) in [7, 11) is 0. The lowest BCUT2D eigenvalue weighted by Crippen LogP contribution is -2.38. The summed E-state index contributed by atoms with van der Waals surface area (Å²) in [4.78, 5) is 23.9. The van der Waals surface area contributed by atoms with Gasteiger partial charge in [-0.2, -0.15) is 5.10 Å². The monoisotopic (exact) mass is 358 g/mol. The number of nitrogens with zero attached hydrogens (tertiary/aromatic N) is 2. The molecule has 1 atom stereocenters. The zero-order valence-electron chi connectivity index (χ0n) is 15.7. The molecule has 0 radical (unpaired) electrons. The first-order valence-electron chi connectivity index (χ1n) is 8.60. The van der Waals surface area contributed by atoms with Crippen molar-refractivity contribution in [1.29, 1.82) is 0 Å². The van der Waals surface area contributed by atoms with Crippen LogP contribution >= 0.6 is 0 Å². The van der Waals surface area contributed by atoms with E-state index in [1.807, 2.05) is 52.1 Å². The number of hydrogen-bond acceptors (Lipinski definition) is 4. The molecule has 0 aliphatic rings. The Labute approximate surface area is 153 Å². The Morgan fingerprint density at radius 3 is 2.38 bits per heavy atom. The molecule has 0 aliphatic heterocycles. The van der Waals surface area contributed by atoms with E-state index in [9.17, 15) is 9.59 Å². The van der Waals surface area contributed by atoms with E-state index < -0.39 is 11.7 Å². The quantitative estimate of drug-likeness (QED) is 0.831. The van der Waals surface area contributed by atoms with Crippen LogP contribution in [0, 0.1) is 5.92 Å². The van der Waals surface area contributed by atoms with Gasteiger partial charge in [0.25, 0.3) is 5.91 Å². The van der Waals surface area contributed by atoms with Crippen LogP contribution in [0.25, 0.3) is 5.69 Å². The molecule has 0 bridgehead atoms. The van der Waals surface area contributed by atoms with Gasteiger partial charge >= 0.3 is 6.09 Å². The molecule has 0 saturated heterocycles. The molecule has 2 amide bonds. The van der Waals surface area contributed by atoms with Crippen LogP contribution in [0.2, 0.25) is 0 Å². The van der Waals surface area contributed by atoms with Gasteiger partial charge in [-0.05, 0) is 57.0 Å². The summed E-state index contributed by atoms with van der Waals surface area (Å²) in [5, 5.41) is 9.72. The van der Waals surface area contributed by atoms with Gasteiger partial charge in [0.2, 0.25) is 0 Å². The molecule has 140 valence electrons. The second-order valence-corrected chi connectivity index (χ2v) is 7.20. The summed E-state index contributed by atoms with van der Waals surface area (Å²) >= 11 is 0. The molecule has 0 saturated carbocycles. The first-order chi connectivity index (χ1) is 12.2. The summed E-state index contributed by atoms with van der Waals surface area (Å²) in [6.45, 7) is 8.26. The highest BCUT2D eigenvalue weighted by Crippen LogP contribution is 2.09. The zero-order valence-corrected chi connectivity index (χ0v) is 15.7. The number of carbonyl (C=O) groups is 2. The Balaban J connectivity index is 1.76. The lowest BCUT2D eigenvalue weighted by atomic mass is 10.1. The third-order valence-corrected chi connectivity index (χ3v) is 3.50. The van der Waals surface area contributed by atoms with Crippen LogP contribution in [0.4, 0.5) is 4.79 Å². The van der Waals surface area contributed by atoms with Gasteiger partial charge in [0.15, 0.2) is 0 Å². The van der Waals surface area contributed by atoms with Crippen LogP contribution in [0.15, 0.2) is 42.7 Å². The normalized spacial score (nSPS) is 12.3. The maximum absolute atomic E-state index is 12.2. The molecule has 0 fully saturated rings. The van der Waals surface area contributed by atoms with Gasteiger partial charge in [-0.3, -0.25) is 4.79 Å². The van der Waals surface area contributed by atoms with E-state index in [0.29, 0.717) is 18.7 Å². The molecule has 7 heteroatoms. The topological polar surface area (TPSA) is 85.3 Å². The molecule has 1 aromatic carbocycles. The number of benzene rings is 1. The minimum atomic E-state index is -0.524. The Morgan fingerprint density at radius 1 is 1.15 bits per heavy atom. The van der Waals surface area contributed by atoms with Crippen LogP contribution in [0.5, 0.6) is 0 Å². The van der Waals surface area contributed by atoms with Crippen molar-refractivity contribution >= 4 is 12.0 Å². The molecule has 1 heterocycles. The number of amides is 2. The van der Waals surface area contributed by atoms with E-state index in [-0.39, 0.29) is 11.8 Å². The number of hydrogen-bond donors (Lipinski definition) is 2. The molecule has 2 aromatic rings. The van der Waals surface area contributed by atoms with E-state index in [1.54, 1.807) is 23.0 Å². The third-order valence-electron chi connectivity index (χ3n) is 3.50. The van der Waals surface area contributed by atoms with Crippen LogP contribution in [-0.4, -0.2) is 40.5 Å². The number of rotatable bonds is 6. The average Bonchev–Trinajstić information content (AvgIpc) is 3.11. The molecule has 7 nitrogen and oxygen atoms in total. The highest BCUT2D eigenvalue weighted by Gasteiger charge is 2.16. The standard InChI is InChI=1S/C19H26N4O3/c1-14(13-21-18(25)26-19(2,3)4)12-20-17(24)15-6-8-16(9-7-15)23-11-5-10-22-23/h5-11,14H,12-13H2,1-4H3,(H,20,24)(H,21,25)/t14-/m1/s1. The van der Waals surface area contributed by atoms with Crippen LogP contribution in [0.3, 0.4) is 0 Å². The molecule has 0 unspecified atom stereocenters. The number of ether oxygens (including phenoxy) is 1.